The monoisotopic (exact) mass is 474 g/mol. The van der Waals surface area contributed by atoms with Crippen LogP contribution in [-0.2, 0) is 22.6 Å². The standard InChI is InChI=1S/C26H32Cl2N2O2/c1-2-10-25(31)30(18-21-22(27)15-9-16-23(21)28)24(17-19-11-5-3-6-12-19)26(32)29-20-13-7-4-8-14-20/h3,5-6,9,11-12,15-16,20,24H,2,4,7-8,10,13-14,17-18H2,1H3,(H,29,32). The van der Waals surface area contributed by atoms with Crippen LogP contribution in [-0.4, -0.2) is 28.8 Å². The van der Waals surface area contributed by atoms with E-state index in [4.69, 9.17) is 23.2 Å². The predicted molar refractivity (Wildman–Crippen MR) is 131 cm³/mol. The summed E-state index contributed by atoms with van der Waals surface area (Å²) in [5, 5.41) is 4.23. The summed E-state index contributed by atoms with van der Waals surface area (Å²) in [6.45, 7) is 2.17. The summed E-state index contributed by atoms with van der Waals surface area (Å²) in [7, 11) is 0. The third kappa shape index (κ3) is 6.73. The van der Waals surface area contributed by atoms with E-state index in [2.05, 4.69) is 5.32 Å². The molecule has 1 N–H and O–H groups in total. The Morgan fingerprint density at radius 1 is 1.00 bits per heavy atom. The smallest absolute Gasteiger partial charge is 0.243 e. The lowest BCUT2D eigenvalue weighted by atomic mass is 9.94. The molecule has 4 nitrogen and oxygen atoms in total. The van der Waals surface area contributed by atoms with Crippen LogP contribution in [0.3, 0.4) is 0 Å². The van der Waals surface area contributed by atoms with E-state index < -0.39 is 6.04 Å². The molecule has 1 unspecified atom stereocenters. The third-order valence-electron chi connectivity index (χ3n) is 6.08. The lowest BCUT2D eigenvalue weighted by Crippen LogP contribution is -2.52. The second kappa shape index (κ2) is 12.3. The molecule has 0 bridgehead atoms. The van der Waals surface area contributed by atoms with Crippen molar-refractivity contribution in [1.29, 1.82) is 0 Å². The molecule has 0 aliphatic heterocycles. The Bertz CT molecular complexity index is 878. The van der Waals surface area contributed by atoms with Gasteiger partial charge in [0.05, 0.1) is 0 Å². The van der Waals surface area contributed by atoms with Crippen molar-refractivity contribution in [3.63, 3.8) is 0 Å². The van der Waals surface area contributed by atoms with E-state index in [9.17, 15) is 9.59 Å². The Morgan fingerprint density at radius 3 is 2.28 bits per heavy atom. The van der Waals surface area contributed by atoms with E-state index in [0.29, 0.717) is 34.9 Å². The van der Waals surface area contributed by atoms with Crippen LogP contribution in [0.25, 0.3) is 0 Å². The first-order valence-electron chi connectivity index (χ1n) is 11.6. The molecular formula is C26H32Cl2N2O2. The number of halogens is 2. The molecule has 1 atom stereocenters. The first-order valence-corrected chi connectivity index (χ1v) is 12.3. The van der Waals surface area contributed by atoms with Gasteiger partial charge in [0.2, 0.25) is 11.8 Å². The molecule has 0 aromatic heterocycles. The maximum Gasteiger partial charge on any atom is 0.243 e. The topological polar surface area (TPSA) is 49.4 Å². The van der Waals surface area contributed by atoms with E-state index in [1.165, 1.54) is 6.42 Å². The Kier molecular flexibility index (Phi) is 9.43. The van der Waals surface area contributed by atoms with E-state index >= 15 is 0 Å². The predicted octanol–water partition coefficient (Wildman–Crippen LogP) is 6.18. The number of nitrogens with zero attached hydrogens (tertiary/aromatic N) is 1. The van der Waals surface area contributed by atoms with Crippen molar-refractivity contribution in [3.05, 3.63) is 69.7 Å². The van der Waals surface area contributed by atoms with Crippen molar-refractivity contribution >= 4 is 35.0 Å². The average Bonchev–Trinajstić information content (AvgIpc) is 2.79. The van der Waals surface area contributed by atoms with Crippen molar-refractivity contribution in [1.82, 2.24) is 10.2 Å². The highest BCUT2D eigenvalue weighted by atomic mass is 35.5. The minimum absolute atomic E-state index is 0.0665. The van der Waals surface area contributed by atoms with Gasteiger partial charge in [-0.15, -0.1) is 0 Å². The van der Waals surface area contributed by atoms with Gasteiger partial charge in [0.1, 0.15) is 6.04 Å². The van der Waals surface area contributed by atoms with Crippen LogP contribution in [0.2, 0.25) is 10.0 Å². The molecule has 6 heteroatoms. The lowest BCUT2D eigenvalue weighted by molar-refractivity contribution is -0.141. The molecule has 1 aliphatic carbocycles. The molecule has 0 saturated heterocycles. The average molecular weight is 475 g/mol. The Labute approximate surface area is 201 Å². The molecule has 1 saturated carbocycles. The number of rotatable bonds is 9. The fourth-order valence-electron chi connectivity index (χ4n) is 4.31. The first-order chi connectivity index (χ1) is 15.5. The molecule has 0 heterocycles. The van der Waals surface area contributed by atoms with Gasteiger partial charge in [-0.05, 0) is 37.0 Å². The number of benzene rings is 2. The highest BCUT2D eigenvalue weighted by Crippen LogP contribution is 2.28. The Hall–Kier alpha value is -2.04. The molecule has 172 valence electrons. The molecule has 2 amide bonds. The molecule has 3 rings (SSSR count). The number of hydrogen-bond acceptors (Lipinski definition) is 2. The Morgan fingerprint density at radius 2 is 1.66 bits per heavy atom. The van der Waals surface area contributed by atoms with Gasteiger partial charge in [0, 0.05) is 41.0 Å². The van der Waals surface area contributed by atoms with E-state index in [0.717, 1.165) is 31.2 Å². The molecule has 1 aliphatic rings. The zero-order valence-electron chi connectivity index (χ0n) is 18.7. The van der Waals surface area contributed by atoms with Gasteiger partial charge in [-0.3, -0.25) is 9.59 Å². The van der Waals surface area contributed by atoms with Gasteiger partial charge in [-0.1, -0.05) is 85.8 Å². The van der Waals surface area contributed by atoms with Crippen LogP contribution < -0.4 is 5.32 Å². The first kappa shape index (κ1) is 24.6. The molecule has 0 spiro atoms. The fraction of sp³-hybridized carbons (Fsp3) is 0.462. The van der Waals surface area contributed by atoms with Gasteiger partial charge >= 0.3 is 0 Å². The van der Waals surface area contributed by atoms with Crippen LogP contribution >= 0.6 is 23.2 Å². The van der Waals surface area contributed by atoms with Gasteiger partial charge in [-0.2, -0.15) is 0 Å². The Balaban J connectivity index is 1.93. The number of amides is 2. The van der Waals surface area contributed by atoms with Crippen LogP contribution in [0.4, 0.5) is 0 Å². The summed E-state index contributed by atoms with van der Waals surface area (Å²) >= 11 is 12.9. The van der Waals surface area contributed by atoms with Crippen LogP contribution in [0.15, 0.2) is 48.5 Å². The third-order valence-corrected chi connectivity index (χ3v) is 6.78. The highest BCUT2D eigenvalue weighted by Gasteiger charge is 2.32. The minimum Gasteiger partial charge on any atom is -0.352 e. The highest BCUT2D eigenvalue weighted by molar-refractivity contribution is 6.36. The summed E-state index contributed by atoms with van der Waals surface area (Å²) in [6.07, 6.45) is 6.96. The number of nitrogens with one attached hydrogen (secondary N) is 1. The lowest BCUT2D eigenvalue weighted by Gasteiger charge is -2.34. The van der Waals surface area contributed by atoms with Crippen molar-refractivity contribution in [2.75, 3.05) is 0 Å². The number of hydrogen-bond donors (Lipinski definition) is 1. The molecule has 0 radical (unpaired) electrons. The number of carbonyl (C=O) groups excluding carboxylic acids is 2. The molecular weight excluding hydrogens is 443 g/mol. The maximum absolute atomic E-state index is 13.6. The summed E-state index contributed by atoms with van der Waals surface area (Å²) in [5.41, 5.74) is 1.68. The molecule has 32 heavy (non-hydrogen) atoms. The van der Waals surface area contributed by atoms with Crippen molar-refractivity contribution < 1.29 is 9.59 Å². The van der Waals surface area contributed by atoms with Crippen LogP contribution in [0.5, 0.6) is 0 Å². The quantitative estimate of drug-likeness (QED) is 0.471. The van der Waals surface area contributed by atoms with Gasteiger partial charge in [-0.25, -0.2) is 0 Å². The minimum atomic E-state index is -0.634. The van der Waals surface area contributed by atoms with E-state index in [-0.39, 0.29) is 24.4 Å². The molecule has 1 fully saturated rings. The second-order valence-electron chi connectivity index (χ2n) is 8.52. The zero-order chi connectivity index (χ0) is 22.9. The van der Waals surface area contributed by atoms with Crippen molar-refractivity contribution in [2.45, 2.75) is 76.9 Å². The summed E-state index contributed by atoms with van der Waals surface area (Å²) < 4.78 is 0. The zero-order valence-corrected chi connectivity index (χ0v) is 20.2. The summed E-state index contributed by atoms with van der Waals surface area (Å²) in [5.74, 6) is -0.170. The second-order valence-corrected chi connectivity index (χ2v) is 9.34. The van der Waals surface area contributed by atoms with Crippen molar-refractivity contribution in [3.8, 4) is 0 Å². The summed E-state index contributed by atoms with van der Waals surface area (Å²) in [4.78, 5) is 28.5. The van der Waals surface area contributed by atoms with E-state index in [1.807, 2.05) is 37.3 Å². The largest absolute Gasteiger partial charge is 0.352 e. The van der Waals surface area contributed by atoms with E-state index in [1.54, 1.807) is 23.1 Å². The normalized spacial score (nSPS) is 15.2. The van der Waals surface area contributed by atoms with Crippen LogP contribution in [0, 0.1) is 0 Å². The van der Waals surface area contributed by atoms with Gasteiger partial charge in [0.25, 0.3) is 0 Å². The molecule has 2 aromatic carbocycles. The summed E-state index contributed by atoms with van der Waals surface area (Å²) in [6, 6.07) is 14.7. The molecule has 2 aromatic rings. The van der Waals surface area contributed by atoms with Crippen molar-refractivity contribution in [2.24, 2.45) is 0 Å². The fourth-order valence-corrected chi connectivity index (χ4v) is 4.83. The number of carbonyl (C=O) groups is 2. The van der Waals surface area contributed by atoms with Crippen LogP contribution in [0.1, 0.15) is 63.0 Å². The van der Waals surface area contributed by atoms with Gasteiger partial charge in [0.15, 0.2) is 0 Å². The maximum atomic E-state index is 13.6. The SMILES string of the molecule is CCCC(=O)N(Cc1c(Cl)cccc1Cl)C(Cc1ccccc1)C(=O)NC1CCCCC1. The van der Waals surface area contributed by atoms with Gasteiger partial charge < -0.3 is 10.2 Å².